The summed E-state index contributed by atoms with van der Waals surface area (Å²) in [5.74, 6) is 2.76. The average molecular weight is 1090 g/mol. The predicted molar refractivity (Wildman–Crippen MR) is 296 cm³/mol. The van der Waals surface area contributed by atoms with Crippen molar-refractivity contribution in [2.24, 2.45) is 46.3 Å². The minimum Gasteiger partial charge on any atom is -0.657 e. The van der Waals surface area contributed by atoms with Gasteiger partial charge < -0.3 is 29.8 Å². The van der Waals surface area contributed by atoms with E-state index >= 15 is 0 Å². The Morgan fingerprint density at radius 1 is 0.360 bits per heavy atom. The fourth-order valence-electron chi connectivity index (χ4n) is 15.4. The third-order valence-electron chi connectivity index (χ3n) is 17.8. The smallest absolute Gasteiger partial charge is 0.657 e. The second-order valence-electron chi connectivity index (χ2n) is 22.8. The van der Waals surface area contributed by atoms with Gasteiger partial charge in [-0.15, -0.1) is 22.1 Å². The molecule has 0 radical (unpaired) electrons. The summed E-state index contributed by atoms with van der Waals surface area (Å²) < 4.78 is 0. The van der Waals surface area contributed by atoms with E-state index in [4.69, 9.17) is 19.9 Å². The zero-order valence-electron chi connectivity index (χ0n) is 42.0. The largest absolute Gasteiger partial charge is 4.00 e. The molecular formula is C66H58N4O4Sn. The van der Waals surface area contributed by atoms with E-state index in [0.717, 1.165) is 128 Å². The monoisotopic (exact) mass is 1090 g/mol. The maximum atomic E-state index is 11.1. The van der Waals surface area contributed by atoms with Gasteiger partial charge in [-0.3, -0.25) is 0 Å². The molecule has 0 saturated heterocycles. The molecule has 4 aromatic carbocycles. The molecule has 8 fully saturated rings. The molecule has 17 rings (SSSR count). The van der Waals surface area contributed by atoms with E-state index in [1.165, 1.54) is 38.5 Å². The van der Waals surface area contributed by atoms with Crippen molar-refractivity contribution in [2.45, 2.75) is 77.0 Å². The molecule has 10 aliphatic rings. The van der Waals surface area contributed by atoms with Crippen molar-refractivity contribution < 1.29 is 19.8 Å². The Morgan fingerprint density at radius 3 is 0.773 bits per heavy atom. The number of aliphatic carboxylic acids is 2. The summed E-state index contributed by atoms with van der Waals surface area (Å²) in [7, 11) is 0. The van der Waals surface area contributed by atoms with E-state index in [1.807, 2.05) is 24.3 Å². The minimum atomic E-state index is -0.758. The number of nitrogens with zero attached hydrogens (tertiary/aromatic N) is 4. The van der Waals surface area contributed by atoms with Crippen LogP contribution in [0.1, 0.15) is 99.8 Å². The van der Waals surface area contributed by atoms with Crippen molar-refractivity contribution in [1.29, 1.82) is 0 Å². The van der Waals surface area contributed by atoms with Crippen LogP contribution in [0.3, 0.4) is 0 Å². The van der Waals surface area contributed by atoms with Gasteiger partial charge in [-0.2, -0.15) is 0 Å². The van der Waals surface area contributed by atoms with E-state index in [1.54, 1.807) is 0 Å². The van der Waals surface area contributed by atoms with Crippen molar-refractivity contribution >= 4 is 82.2 Å². The molecule has 0 spiro atoms. The summed E-state index contributed by atoms with van der Waals surface area (Å²) in [4.78, 5) is 43.5. The van der Waals surface area contributed by atoms with Crippen LogP contribution < -0.4 is 20.2 Å². The van der Waals surface area contributed by atoms with Crippen LogP contribution in [0.4, 0.5) is 0 Å². The van der Waals surface area contributed by atoms with Gasteiger partial charge in [0.05, 0.1) is 22.8 Å². The summed E-state index contributed by atoms with van der Waals surface area (Å²) >= 11 is 0. The average Bonchev–Trinajstić information content (AvgIpc) is 4.26. The summed E-state index contributed by atoms with van der Waals surface area (Å²) in [6.07, 6.45) is 21.7. The number of carboxylic acid groups (broad SMARTS) is 2. The van der Waals surface area contributed by atoms with Crippen LogP contribution in [0, 0.1) is 46.3 Å². The molecular weight excluding hydrogens is 1030 g/mol. The van der Waals surface area contributed by atoms with E-state index in [2.05, 4.69) is 146 Å². The first-order valence-electron chi connectivity index (χ1n) is 26.9. The van der Waals surface area contributed by atoms with Gasteiger partial charge in [-0.25, -0.2) is 9.97 Å². The summed E-state index contributed by atoms with van der Waals surface area (Å²) in [5, 5.41) is 22.3. The summed E-state index contributed by atoms with van der Waals surface area (Å²) in [5.41, 5.74) is 14.2. The fourth-order valence-corrected chi connectivity index (χ4v) is 15.4. The van der Waals surface area contributed by atoms with Gasteiger partial charge in [0.25, 0.3) is 0 Å². The van der Waals surface area contributed by atoms with Gasteiger partial charge >= 0.3 is 23.9 Å². The van der Waals surface area contributed by atoms with Crippen molar-refractivity contribution in [2.75, 3.05) is 0 Å². The van der Waals surface area contributed by atoms with Gasteiger partial charge in [0.1, 0.15) is 0 Å². The second-order valence-corrected chi connectivity index (χ2v) is 22.8. The molecule has 2 aliphatic heterocycles. The second kappa shape index (κ2) is 20.1. The number of carboxylic acids is 2. The molecule has 0 N–H and O–H groups in total. The summed E-state index contributed by atoms with van der Waals surface area (Å²) in [6, 6.07) is 50.0. The Kier molecular flexibility index (Phi) is 13.1. The molecule has 3 aromatic heterocycles. The quantitative estimate of drug-likeness (QED) is 0.150. The number of carbonyl (C=O) groups is 2. The molecule has 0 atom stereocenters. The number of hydrogen-bond donors (Lipinski definition) is 0. The first-order chi connectivity index (χ1) is 36.2. The van der Waals surface area contributed by atoms with Crippen LogP contribution in [0.15, 0.2) is 146 Å². The van der Waals surface area contributed by atoms with E-state index < -0.39 is 22.8 Å². The minimum absolute atomic E-state index is 0. The van der Waals surface area contributed by atoms with Gasteiger partial charge in [0.15, 0.2) is 0 Å². The molecule has 5 heterocycles. The van der Waals surface area contributed by atoms with Crippen LogP contribution in [0.5, 0.6) is 0 Å². The van der Waals surface area contributed by atoms with Gasteiger partial charge in [0.2, 0.25) is 0 Å². The number of carbonyl (C=O) groups excluding carboxylic acids is 2. The third-order valence-corrected chi connectivity index (χ3v) is 17.8. The van der Waals surface area contributed by atoms with Crippen LogP contribution in [-0.4, -0.2) is 45.8 Å². The van der Waals surface area contributed by atoms with E-state index in [9.17, 15) is 19.8 Å². The van der Waals surface area contributed by atoms with Gasteiger partial charge in [-0.05, 0) is 181 Å². The Labute approximate surface area is 455 Å². The Morgan fingerprint density at radius 2 is 0.573 bits per heavy atom. The predicted octanol–water partition coefficient (Wildman–Crippen LogP) is 12.1. The van der Waals surface area contributed by atoms with E-state index in [0.29, 0.717) is 35.5 Å². The molecule has 370 valence electrons. The Balaban J connectivity index is 0.000000169. The molecule has 8 aliphatic carbocycles. The zero-order chi connectivity index (χ0) is 50.0. The molecule has 16 bridgehead atoms. The van der Waals surface area contributed by atoms with Crippen LogP contribution in [0.25, 0.3) is 90.9 Å². The van der Waals surface area contributed by atoms with Crippen molar-refractivity contribution in [3.63, 3.8) is 0 Å². The third kappa shape index (κ3) is 9.31. The van der Waals surface area contributed by atoms with Crippen LogP contribution in [-0.2, 0) is 9.59 Å². The van der Waals surface area contributed by atoms with Crippen LogP contribution in [0.2, 0.25) is 0 Å². The Bertz CT molecular complexity index is 3050. The van der Waals surface area contributed by atoms with Gasteiger partial charge in [0, 0.05) is 22.8 Å². The first-order valence-corrected chi connectivity index (χ1v) is 26.9. The topological polar surface area (TPSA) is 134 Å². The SMILES string of the molecule is C1=Cc2nc1c(-c1ccccc1)c1ccc([n-]1)c(-c1ccccc1)c1nc(c(-c3ccccc3)c3ccc([n-]3)c2-c2ccccc2)C=C1.O=C([O-])C12CC3CC(CC(C3)C1)C2.O=C([O-])C12CC3CC(CC(C3)C1)C2.[Sn+4]. The van der Waals surface area contributed by atoms with E-state index in [-0.39, 0.29) is 23.9 Å². The molecule has 0 amide bonds. The number of benzene rings is 4. The molecule has 75 heavy (non-hydrogen) atoms. The number of hydrogen-bond acceptors (Lipinski definition) is 6. The van der Waals surface area contributed by atoms with Gasteiger partial charge in [-0.1, -0.05) is 146 Å². The molecule has 7 aromatic rings. The zero-order valence-corrected chi connectivity index (χ0v) is 44.9. The normalized spacial score (nSPS) is 25.9. The number of aromatic nitrogens is 4. The molecule has 0 unspecified atom stereocenters. The van der Waals surface area contributed by atoms with Crippen LogP contribution >= 0.6 is 0 Å². The van der Waals surface area contributed by atoms with Crippen molar-refractivity contribution in [1.82, 2.24) is 19.9 Å². The summed E-state index contributed by atoms with van der Waals surface area (Å²) in [6.45, 7) is 0. The standard InChI is InChI=1S/C44H28N4.2C11H16O2.Sn/c1-5-13-29(14-6-1)41-33-21-23-35(45-33)42(30-15-7-2-8-16-30)37-25-27-39(47-37)44(32-19-11-4-12-20-32)40-28-26-38(48-40)43(31-17-9-3-10-18-31)36-24-22-34(41)46-36;2*12-10(13)11-4-7-1-8(5-11)3-9(2-7)6-11;/h1-28H;2*7-9H,1-6H2,(H,12,13);/q-2;;;+4/p-2. The molecule has 8 nitrogen and oxygen atoms in total. The molecule has 8 saturated carbocycles. The number of fused-ring (bicyclic) bond motifs is 8. The number of rotatable bonds is 6. The fraction of sp³-hybridized carbons (Fsp3) is 0.303. The maximum Gasteiger partial charge on any atom is 4.00 e. The first kappa shape index (κ1) is 49.1. The van der Waals surface area contributed by atoms with Crippen molar-refractivity contribution in [3.05, 3.63) is 168 Å². The molecule has 9 heteroatoms. The van der Waals surface area contributed by atoms with Crippen molar-refractivity contribution in [3.8, 4) is 44.5 Å². The Hall–Kier alpha value is -6.78. The maximum absolute atomic E-state index is 11.1.